The molecule has 0 aromatic heterocycles. The van der Waals surface area contributed by atoms with Gasteiger partial charge in [0.2, 0.25) is 0 Å². The van der Waals surface area contributed by atoms with Gasteiger partial charge in [-0.25, -0.2) is 4.79 Å². The van der Waals surface area contributed by atoms with E-state index in [2.05, 4.69) is 0 Å². The third-order valence-electron chi connectivity index (χ3n) is 2.30. The highest BCUT2D eigenvalue weighted by Gasteiger charge is 2.09. The van der Waals surface area contributed by atoms with E-state index < -0.39 is 5.97 Å². The predicted molar refractivity (Wildman–Crippen MR) is 68.4 cm³/mol. The molecule has 1 aromatic carbocycles. The first-order chi connectivity index (χ1) is 8.61. The minimum absolute atomic E-state index is 0.110. The monoisotopic (exact) mass is 253 g/mol. The minimum Gasteiger partial charge on any atom is -0.482 e. The molecule has 0 aliphatic heterocycles. The lowest BCUT2D eigenvalue weighted by Crippen LogP contribution is -2.21. The van der Waals surface area contributed by atoms with Crippen molar-refractivity contribution >= 4 is 11.7 Å². The van der Waals surface area contributed by atoms with Gasteiger partial charge in [0.05, 0.1) is 0 Å². The van der Waals surface area contributed by atoms with Crippen molar-refractivity contribution in [3.05, 3.63) is 24.3 Å². The molecule has 18 heavy (non-hydrogen) atoms. The maximum atomic E-state index is 11.4. The van der Waals surface area contributed by atoms with E-state index in [-0.39, 0.29) is 12.7 Å². The minimum atomic E-state index is -0.393. The molecule has 0 heterocycles. The van der Waals surface area contributed by atoms with Crippen LogP contribution in [0.15, 0.2) is 24.3 Å². The van der Waals surface area contributed by atoms with E-state index >= 15 is 0 Å². The standard InChI is InChI=1S/C13H19NO4/c1-10(7-8-16-2)18-13(15)9-17-12-5-3-11(14)4-6-12/h3-6,10H,7-9,14H2,1-2H3. The topological polar surface area (TPSA) is 70.8 Å². The first-order valence-corrected chi connectivity index (χ1v) is 5.78. The van der Waals surface area contributed by atoms with Crippen LogP contribution in [-0.2, 0) is 14.3 Å². The molecule has 2 N–H and O–H groups in total. The van der Waals surface area contributed by atoms with Gasteiger partial charge in [0.1, 0.15) is 11.9 Å². The number of rotatable bonds is 7. The lowest BCUT2D eigenvalue weighted by molar-refractivity contribution is -0.151. The Morgan fingerprint density at radius 2 is 2.00 bits per heavy atom. The Hall–Kier alpha value is -1.75. The maximum Gasteiger partial charge on any atom is 0.344 e. The molecule has 0 fully saturated rings. The highest BCUT2D eigenvalue weighted by Crippen LogP contribution is 2.13. The normalized spacial score (nSPS) is 11.9. The van der Waals surface area contributed by atoms with Crippen molar-refractivity contribution in [3.63, 3.8) is 0 Å². The zero-order valence-electron chi connectivity index (χ0n) is 10.7. The summed E-state index contributed by atoms with van der Waals surface area (Å²) in [5.74, 6) is 0.195. The largest absolute Gasteiger partial charge is 0.482 e. The number of anilines is 1. The van der Waals surface area contributed by atoms with Crippen LogP contribution in [0.1, 0.15) is 13.3 Å². The summed E-state index contributed by atoms with van der Waals surface area (Å²) in [6, 6.07) is 6.83. The molecule has 0 saturated heterocycles. The number of methoxy groups -OCH3 is 1. The molecule has 0 aliphatic carbocycles. The number of ether oxygens (including phenoxy) is 3. The summed E-state index contributed by atoms with van der Waals surface area (Å²) in [7, 11) is 1.61. The second kappa shape index (κ2) is 7.55. The number of benzene rings is 1. The van der Waals surface area contributed by atoms with Gasteiger partial charge in [-0.2, -0.15) is 0 Å². The van der Waals surface area contributed by atoms with E-state index in [4.69, 9.17) is 19.9 Å². The highest BCUT2D eigenvalue weighted by molar-refractivity contribution is 5.71. The van der Waals surface area contributed by atoms with Gasteiger partial charge in [0, 0.05) is 25.8 Å². The van der Waals surface area contributed by atoms with Gasteiger partial charge < -0.3 is 19.9 Å². The maximum absolute atomic E-state index is 11.4. The van der Waals surface area contributed by atoms with E-state index in [1.54, 1.807) is 31.4 Å². The van der Waals surface area contributed by atoms with Crippen molar-refractivity contribution < 1.29 is 19.0 Å². The fourth-order valence-corrected chi connectivity index (χ4v) is 1.31. The SMILES string of the molecule is COCCC(C)OC(=O)COc1ccc(N)cc1. The van der Waals surface area contributed by atoms with E-state index in [1.807, 2.05) is 6.92 Å². The number of esters is 1. The molecule has 1 rings (SSSR count). The van der Waals surface area contributed by atoms with Crippen molar-refractivity contribution in [2.75, 3.05) is 26.1 Å². The van der Waals surface area contributed by atoms with Crippen LogP contribution < -0.4 is 10.5 Å². The zero-order valence-corrected chi connectivity index (χ0v) is 10.7. The molecule has 1 unspecified atom stereocenters. The van der Waals surface area contributed by atoms with Crippen LogP contribution >= 0.6 is 0 Å². The molecule has 1 atom stereocenters. The van der Waals surface area contributed by atoms with Crippen LogP contribution in [0.5, 0.6) is 5.75 Å². The number of nitrogens with two attached hydrogens (primary N) is 1. The van der Waals surface area contributed by atoms with Crippen molar-refractivity contribution in [2.45, 2.75) is 19.4 Å². The Morgan fingerprint density at radius 3 is 2.61 bits per heavy atom. The van der Waals surface area contributed by atoms with E-state index in [0.29, 0.717) is 24.5 Å². The number of carbonyl (C=O) groups is 1. The second-order valence-electron chi connectivity index (χ2n) is 3.94. The van der Waals surface area contributed by atoms with Crippen LogP contribution in [0, 0.1) is 0 Å². The van der Waals surface area contributed by atoms with Crippen LogP contribution in [0.3, 0.4) is 0 Å². The summed E-state index contributed by atoms with van der Waals surface area (Å²) in [6.07, 6.45) is 0.497. The molecule has 0 amide bonds. The van der Waals surface area contributed by atoms with Crippen LogP contribution in [0.2, 0.25) is 0 Å². The lowest BCUT2D eigenvalue weighted by Gasteiger charge is -2.13. The van der Waals surface area contributed by atoms with Crippen molar-refractivity contribution in [1.82, 2.24) is 0 Å². The van der Waals surface area contributed by atoms with Crippen molar-refractivity contribution in [1.29, 1.82) is 0 Å². The summed E-state index contributed by atoms with van der Waals surface area (Å²) in [5, 5.41) is 0. The Labute approximate surface area is 107 Å². The first-order valence-electron chi connectivity index (χ1n) is 5.78. The van der Waals surface area contributed by atoms with E-state index in [9.17, 15) is 4.79 Å². The molecular weight excluding hydrogens is 234 g/mol. The fraction of sp³-hybridized carbons (Fsp3) is 0.462. The quantitative estimate of drug-likeness (QED) is 0.590. The zero-order chi connectivity index (χ0) is 13.4. The smallest absolute Gasteiger partial charge is 0.344 e. The number of carbonyl (C=O) groups excluding carboxylic acids is 1. The lowest BCUT2D eigenvalue weighted by atomic mass is 10.3. The van der Waals surface area contributed by atoms with Gasteiger partial charge in [-0.3, -0.25) is 0 Å². The van der Waals surface area contributed by atoms with Gasteiger partial charge in [-0.15, -0.1) is 0 Å². The number of nitrogen functional groups attached to an aromatic ring is 1. The molecule has 0 spiro atoms. The van der Waals surface area contributed by atoms with Crippen LogP contribution in [0.4, 0.5) is 5.69 Å². The number of hydrogen-bond acceptors (Lipinski definition) is 5. The summed E-state index contributed by atoms with van der Waals surface area (Å²) in [4.78, 5) is 11.4. The number of hydrogen-bond donors (Lipinski definition) is 1. The molecule has 5 nitrogen and oxygen atoms in total. The molecule has 0 aliphatic rings. The Kier molecular flexibility index (Phi) is 6.00. The second-order valence-corrected chi connectivity index (χ2v) is 3.94. The predicted octanol–water partition coefficient (Wildman–Crippen LogP) is 1.62. The average molecular weight is 253 g/mol. The van der Waals surface area contributed by atoms with Gasteiger partial charge >= 0.3 is 5.97 Å². The van der Waals surface area contributed by atoms with Crippen molar-refractivity contribution in [2.24, 2.45) is 0 Å². The molecule has 0 radical (unpaired) electrons. The molecule has 0 bridgehead atoms. The van der Waals surface area contributed by atoms with Crippen LogP contribution in [-0.4, -0.2) is 32.4 Å². The highest BCUT2D eigenvalue weighted by atomic mass is 16.6. The Morgan fingerprint density at radius 1 is 1.33 bits per heavy atom. The van der Waals surface area contributed by atoms with E-state index in [0.717, 1.165) is 0 Å². The third kappa shape index (κ3) is 5.54. The summed E-state index contributed by atoms with van der Waals surface area (Å²) in [6.45, 7) is 2.27. The van der Waals surface area contributed by atoms with Gasteiger partial charge in [-0.05, 0) is 31.2 Å². The van der Waals surface area contributed by atoms with E-state index in [1.165, 1.54) is 0 Å². The summed E-state index contributed by atoms with van der Waals surface area (Å²) in [5.41, 5.74) is 6.19. The Bertz CT molecular complexity index is 364. The fourth-order valence-electron chi connectivity index (χ4n) is 1.31. The molecule has 1 aromatic rings. The molecule has 5 heteroatoms. The van der Waals surface area contributed by atoms with Crippen LogP contribution in [0.25, 0.3) is 0 Å². The summed E-state index contributed by atoms with van der Waals surface area (Å²) >= 11 is 0. The van der Waals surface area contributed by atoms with Gasteiger partial charge in [0.25, 0.3) is 0 Å². The molecule has 100 valence electrons. The molecule has 0 saturated carbocycles. The van der Waals surface area contributed by atoms with Gasteiger partial charge in [-0.1, -0.05) is 0 Å². The molecular formula is C13H19NO4. The summed E-state index contributed by atoms with van der Waals surface area (Å²) < 4.78 is 15.3. The van der Waals surface area contributed by atoms with Gasteiger partial charge in [0.15, 0.2) is 6.61 Å². The average Bonchev–Trinajstić information content (AvgIpc) is 2.35. The van der Waals surface area contributed by atoms with Crippen molar-refractivity contribution in [3.8, 4) is 5.75 Å². The Balaban J connectivity index is 2.26. The first kappa shape index (κ1) is 14.3. The third-order valence-corrected chi connectivity index (χ3v) is 2.30.